The molecule has 2 N–H and O–H groups in total. The lowest BCUT2D eigenvalue weighted by atomic mass is 9.90. The molecule has 1 amide bonds. The van der Waals surface area contributed by atoms with Gasteiger partial charge in [0.2, 0.25) is 0 Å². The summed E-state index contributed by atoms with van der Waals surface area (Å²) in [6.07, 6.45) is 4.43. The number of ether oxygens (including phenoxy) is 2. The van der Waals surface area contributed by atoms with Gasteiger partial charge < -0.3 is 14.6 Å². The third-order valence-corrected chi connectivity index (χ3v) is 5.95. The van der Waals surface area contributed by atoms with Crippen LogP contribution in [0.3, 0.4) is 0 Å². The number of thiophene rings is 1. The molecule has 0 bridgehead atoms. The van der Waals surface area contributed by atoms with Crippen LogP contribution in [0.4, 0.5) is 0 Å². The van der Waals surface area contributed by atoms with E-state index < -0.39 is 5.97 Å². The molecule has 28 heavy (non-hydrogen) atoms. The van der Waals surface area contributed by atoms with Crippen molar-refractivity contribution in [3.8, 4) is 11.5 Å². The van der Waals surface area contributed by atoms with E-state index in [4.69, 9.17) is 9.47 Å². The van der Waals surface area contributed by atoms with Crippen LogP contribution in [0.15, 0.2) is 23.3 Å². The Labute approximate surface area is 167 Å². The third kappa shape index (κ3) is 4.01. The van der Waals surface area contributed by atoms with E-state index >= 15 is 0 Å². The number of benzene rings is 1. The van der Waals surface area contributed by atoms with E-state index in [0.29, 0.717) is 22.1 Å². The van der Waals surface area contributed by atoms with Gasteiger partial charge in [-0.15, -0.1) is 11.3 Å². The first-order chi connectivity index (χ1) is 13.4. The van der Waals surface area contributed by atoms with Crippen LogP contribution in [0.5, 0.6) is 11.5 Å². The van der Waals surface area contributed by atoms with Gasteiger partial charge in [-0.1, -0.05) is 6.92 Å². The molecular formula is C20H22N2O5S. The van der Waals surface area contributed by atoms with E-state index in [1.54, 1.807) is 12.1 Å². The van der Waals surface area contributed by atoms with Crippen LogP contribution < -0.4 is 14.9 Å². The highest BCUT2D eigenvalue weighted by molar-refractivity contribution is 7.14. The Hall–Kier alpha value is -2.87. The van der Waals surface area contributed by atoms with Gasteiger partial charge in [-0.3, -0.25) is 4.79 Å². The second-order valence-corrected chi connectivity index (χ2v) is 7.81. The number of methoxy groups -OCH3 is 2. The van der Waals surface area contributed by atoms with Crippen molar-refractivity contribution < 1.29 is 24.2 Å². The topological polar surface area (TPSA) is 97.2 Å². The zero-order valence-electron chi connectivity index (χ0n) is 15.9. The predicted molar refractivity (Wildman–Crippen MR) is 107 cm³/mol. The maximum atomic E-state index is 12.4. The van der Waals surface area contributed by atoms with Gasteiger partial charge in [-0.2, -0.15) is 5.10 Å². The number of amides is 1. The van der Waals surface area contributed by atoms with E-state index in [1.807, 2.05) is 6.07 Å². The summed E-state index contributed by atoms with van der Waals surface area (Å²) in [6.45, 7) is 2.22. The monoisotopic (exact) mass is 402 g/mol. The number of carbonyl (C=O) groups is 2. The highest BCUT2D eigenvalue weighted by atomic mass is 32.1. The number of aromatic carboxylic acids is 1. The van der Waals surface area contributed by atoms with Crippen molar-refractivity contribution in [1.82, 2.24) is 5.43 Å². The molecule has 0 unspecified atom stereocenters. The summed E-state index contributed by atoms with van der Waals surface area (Å²) in [7, 11) is 2.80. The number of carboxylic acids is 1. The Balaban J connectivity index is 1.78. The third-order valence-electron chi connectivity index (χ3n) is 4.71. The van der Waals surface area contributed by atoms with E-state index in [2.05, 4.69) is 17.5 Å². The highest BCUT2D eigenvalue weighted by Crippen LogP contribution is 2.33. The molecule has 0 aliphatic heterocycles. The smallest absolute Gasteiger partial charge is 0.340 e. The minimum Gasteiger partial charge on any atom is -0.493 e. The Bertz CT molecular complexity index is 935. The van der Waals surface area contributed by atoms with Gasteiger partial charge in [0.1, 0.15) is 5.56 Å². The summed E-state index contributed by atoms with van der Waals surface area (Å²) in [5, 5.41) is 13.5. The van der Waals surface area contributed by atoms with Gasteiger partial charge in [0, 0.05) is 10.4 Å². The van der Waals surface area contributed by atoms with Crippen molar-refractivity contribution in [2.24, 2.45) is 11.0 Å². The molecule has 0 radical (unpaired) electrons. The fourth-order valence-corrected chi connectivity index (χ4v) is 4.40. The predicted octanol–water partition coefficient (Wildman–Crippen LogP) is 3.35. The van der Waals surface area contributed by atoms with E-state index in [9.17, 15) is 14.7 Å². The normalized spacial score (nSPS) is 15.9. The first kappa shape index (κ1) is 19.9. The largest absolute Gasteiger partial charge is 0.493 e. The molecule has 1 heterocycles. The van der Waals surface area contributed by atoms with Gasteiger partial charge >= 0.3 is 5.97 Å². The lowest BCUT2D eigenvalue weighted by molar-refractivity contribution is 0.0692. The average Bonchev–Trinajstić information content (AvgIpc) is 3.10. The van der Waals surface area contributed by atoms with Crippen molar-refractivity contribution in [3.63, 3.8) is 0 Å². The van der Waals surface area contributed by atoms with Crippen LogP contribution in [0, 0.1) is 5.92 Å². The molecule has 8 heteroatoms. The standard InChI is InChI=1S/C20H22N2O5S/c1-11-4-7-15-13(8-11)9-16(28-15)19(23)22-21-10-12-5-6-14(26-2)18(27-3)17(12)20(24)25/h5-6,9-11H,4,7-8H2,1-3H3,(H,22,23)(H,24,25)/b21-10-/t11-/m1/s1. The summed E-state index contributed by atoms with van der Waals surface area (Å²) in [4.78, 5) is 25.9. The molecule has 148 valence electrons. The Morgan fingerprint density at radius 2 is 2.11 bits per heavy atom. The molecule has 2 aromatic rings. The van der Waals surface area contributed by atoms with Crippen LogP contribution >= 0.6 is 11.3 Å². The van der Waals surface area contributed by atoms with Gasteiger partial charge in [0.05, 0.1) is 25.3 Å². The maximum absolute atomic E-state index is 12.4. The second kappa shape index (κ2) is 8.43. The second-order valence-electron chi connectivity index (χ2n) is 6.68. The summed E-state index contributed by atoms with van der Waals surface area (Å²) in [6, 6.07) is 5.06. The number of hydrogen-bond acceptors (Lipinski definition) is 6. The van der Waals surface area contributed by atoms with Gasteiger partial charge in [-0.05, 0) is 48.9 Å². The molecule has 1 aromatic heterocycles. The number of carbonyl (C=O) groups excluding carboxylic acids is 1. The van der Waals surface area contributed by atoms with Crippen LogP contribution in [0.1, 0.15) is 49.4 Å². The van der Waals surface area contributed by atoms with E-state index in [1.165, 1.54) is 42.2 Å². The number of nitrogens with zero attached hydrogens (tertiary/aromatic N) is 1. The lowest BCUT2D eigenvalue weighted by Gasteiger charge is -2.16. The van der Waals surface area contributed by atoms with Gasteiger partial charge in [0.25, 0.3) is 5.91 Å². The molecule has 1 atom stereocenters. The number of hydrazone groups is 1. The summed E-state index contributed by atoms with van der Waals surface area (Å²) in [5.74, 6) is -0.440. The number of carboxylic acid groups (broad SMARTS) is 1. The number of aryl methyl sites for hydroxylation is 1. The van der Waals surface area contributed by atoms with Crippen LogP contribution in [0.25, 0.3) is 0 Å². The molecule has 0 spiro atoms. The number of hydrogen-bond donors (Lipinski definition) is 2. The summed E-state index contributed by atoms with van der Waals surface area (Å²) < 4.78 is 10.3. The van der Waals surface area contributed by atoms with E-state index in [0.717, 1.165) is 19.3 Å². The highest BCUT2D eigenvalue weighted by Gasteiger charge is 2.21. The molecule has 1 aromatic carbocycles. The molecule has 1 aliphatic carbocycles. The van der Waals surface area contributed by atoms with Crippen LogP contribution in [0.2, 0.25) is 0 Å². The Morgan fingerprint density at radius 1 is 1.32 bits per heavy atom. The molecule has 1 aliphatic rings. The Morgan fingerprint density at radius 3 is 2.79 bits per heavy atom. The van der Waals surface area contributed by atoms with Crippen LogP contribution in [-0.2, 0) is 12.8 Å². The molecular weight excluding hydrogens is 380 g/mol. The summed E-state index contributed by atoms with van der Waals surface area (Å²) >= 11 is 1.49. The molecule has 3 rings (SSSR count). The van der Waals surface area contributed by atoms with Crippen LogP contribution in [-0.4, -0.2) is 37.4 Å². The first-order valence-electron chi connectivity index (χ1n) is 8.87. The van der Waals surface area contributed by atoms with Crippen molar-refractivity contribution >= 4 is 29.4 Å². The van der Waals surface area contributed by atoms with Crippen molar-refractivity contribution in [3.05, 3.63) is 44.6 Å². The minimum absolute atomic E-state index is 0.0829. The molecule has 7 nitrogen and oxygen atoms in total. The van der Waals surface area contributed by atoms with Gasteiger partial charge in [0.15, 0.2) is 11.5 Å². The number of fused-ring (bicyclic) bond motifs is 1. The first-order valence-corrected chi connectivity index (χ1v) is 9.69. The average molecular weight is 402 g/mol. The fourth-order valence-electron chi connectivity index (χ4n) is 3.30. The van der Waals surface area contributed by atoms with Crippen molar-refractivity contribution in [1.29, 1.82) is 0 Å². The summed E-state index contributed by atoms with van der Waals surface area (Å²) in [5.41, 5.74) is 3.93. The number of rotatable bonds is 6. The maximum Gasteiger partial charge on any atom is 0.340 e. The zero-order valence-corrected chi connectivity index (χ0v) is 16.8. The SMILES string of the molecule is COc1ccc(/C=N\NC(=O)c2cc3c(s2)CC[C@@H](C)C3)c(C(=O)O)c1OC. The van der Waals surface area contributed by atoms with Crippen molar-refractivity contribution in [2.45, 2.75) is 26.2 Å². The minimum atomic E-state index is -1.18. The fraction of sp³-hybridized carbons (Fsp3) is 0.350. The number of nitrogens with one attached hydrogen (secondary N) is 1. The molecule has 0 fully saturated rings. The van der Waals surface area contributed by atoms with Crippen molar-refractivity contribution in [2.75, 3.05) is 14.2 Å². The van der Waals surface area contributed by atoms with E-state index in [-0.39, 0.29) is 17.2 Å². The lowest BCUT2D eigenvalue weighted by Crippen LogP contribution is -2.16. The molecule has 0 saturated carbocycles. The quantitative estimate of drug-likeness (QED) is 0.570. The van der Waals surface area contributed by atoms with Gasteiger partial charge in [-0.25, -0.2) is 10.2 Å². The Kier molecular flexibility index (Phi) is 5.99. The zero-order chi connectivity index (χ0) is 20.3. The molecule has 0 saturated heterocycles.